The maximum atomic E-state index is 14.9. The van der Waals surface area contributed by atoms with Crippen LogP contribution in [0.4, 0.5) is 19.0 Å². The highest BCUT2D eigenvalue weighted by Crippen LogP contribution is 2.32. The van der Waals surface area contributed by atoms with Crippen molar-refractivity contribution in [1.29, 1.82) is 5.26 Å². The maximum Gasteiger partial charge on any atom is 0.283 e. The predicted molar refractivity (Wildman–Crippen MR) is 125 cm³/mol. The van der Waals surface area contributed by atoms with Gasteiger partial charge in [0.25, 0.3) is 6.43 Å². The fourth-order valence-electron chi connectivity index (χ4n) is 4.08. The molecule has 4 aromatic heterocycles. The van der Waals surface area contributed by atoms with Gasteiger partial charge in [-0.1, -0.05) is 6.58 Å². The lowest BCUT2D eigenvalue weighted by Gasteiger charge is -2.38. The standard InChI is InChI=1S/C24H19F3N8O/c1-3-18(25)20-14(5-6-19(31-20)34-8-4-7-29-34)9-16-13(2)30-23-17(10-28)21(22(26)27)32-35(23)24(16)33-11-15(36)12-33/h3-9,15,22,36H,1,11-12H2,2H3/b14-9+,20-18-. The third-order valence-corrected chi connectivity index (χ3v) is 5.83. The molecule has 1 aliphatic heterocycles. The normalized spacial score (nSPS) is 15.4. The van der Waals surface area contributed by atoms with Gasteiger partial charge in [0.1, 0.15) is 34.3 Å². The number of β-amino-alcohol motifs (C(OH)–C–C–N with tert-alkyl or cyclic N) is 1. The monoisotopic (exact) mass is 492 g/mol. The molecule has 0 unspecified atom stereocenters. The highest BCUT2D eigenvalue weighted by Gasteiger charge is 2.32. The van der Waals surface area contributed by atoms with Gasteiger partial charge in [0.2, 0.25) is 0 Å². The first-order valence-corrected chi connectivity index (χ1v) is 10.9. The molecule has 0 saturated carbocycles. The van der Waals surface area contributed by atoms with Crippen LogP contribution >= 0.6 is 0 Å². The highest BCUT2D eigenvalue weighted by atomic mass is 19.3. The largest absolute Gasteiger partial charge is 0.389 e. The van der Waals surface area contributed by atoms with Crippen molar-refractivity contribution in [3.8, 4) is 11.9 Å². The second kappa shape index (κ2) is 8.94. The van der Waals surface area contributed by atoms with Crippen LogP contribution < -0.4 is 15.5 Å². The van der Waals surface area contributed by atoms with Crippen molar-refractivity contribution >= 4 is 23.4 Å². The van der Waals surface area contributed by atoms with E-state index >= 15 is 0 Å². The average Bonchev–Trinajstić information content (AvgIpc) is 3.50. The van der Waals surface area contributed by atoms with Crippen molar-refractivity contribution in [3.05, 3.63) is 76.3 Å². The molecule has 0 radical (unpaired) electrons. The third kappa shape index (κ3) is 3.79. The molecule has 0 spiro atoms. The molecule has 9 nitrogen and oxygen atoms in total. The second-order valence-corrected chi connectivity index (χ2v) is 8.16. The molecule has 0 aliphatic carbocycles. The third-order valence-electron chi connectivity index (χ3n) is 5.83. The van der Waals surface area contributed by atoms with Crippen LogP contribution in [0.3, 0.4) is 0 Å². The number of allylic oxidation sites excluding steroid dienone is 1. The van der Waals surface area contributed by atoms with Crippen LogP contribution in [0.15, 0.2) is 43.2 Å². The van der Waals surface area contributed by atoms with E-state index in [0.717, 1.165) is 6.08 Å². The lowest BCUT2D eigenvalue weighted by molar-refractivity contribution is 0.139. The lowest BCUT2D eigenvalue weighted by atomic mass is 10.1. The molecule has 5 rings (SSSR count). The fraction of sp³-hybridized carbons (Fsp3) is 0.208. The summed E-state index contributed by atoms with van der Waals surface area (Å²) in [7, 11) is 0. The van der Waals surface area contributed by atoms with Crippen LogP contribution in [0.25, 0.3) is 23.4 Å². The van der Waals surface area contributed by atoms with Gasteiger partial charge in [0.05, 0.1) is 11.8 Å². The summed E-state index contributed by atoms with van der Waals surface area (Å²) in [4.78, 5) is 10.5. The molecule has 1 aliphatic rings. The molecular weight excluding hydrogens is 473 g/mol. The predicted octanol–water partition coefficient (Wildman–Crippen LogP) is 1.70. The van der Waals surface area contributed by atoms with Crippen molar-refractivity contribution < 1.29 is 18.3 Å². The van der Waals surface area contributed by atoms with Crippen LogP contribution in [-0.4, -0.2) is 53.7 Å². The fourth-order valence-corrected chi connectivity index (χ4v) is 4.08. The summed E-state index contributed by atoms with van der Waals surface area (Å²) in [5.74, 6) is 0.0638. The van der Waals surface area contributed by atoms with Crippen molar-refractivity contribution in [2.24, 2.45) is 0 Å². The Kier molecular flexibility index (Phi) is 5.77. The molecule has 1 N–H and O–H groups in total. The minimum Gasteiger partial charge on any atom is -0.389 e. The molecule has 1 saturated heterocycles. The molecule has 1 fully saturated rings. The number of aryl methyl sites for hydroxylation is 1. The van der Waals surface area contributed by atoms with E-state index < -0.39 is 24.1 Å². The van der Waals surface area contributed by atoms with Crippen molar-refractivity contribution in [2.45, 2.75) is 19.5 Å². The first kappa shape index (κ1) is 23.3. The van der Waals surface area contributed by atoms with Gasteiger partial charge >= 0.3 is 0 Å². The van der Waals surface area contributed by atoms with E-state index in [2.05, 4.69) is 26.7 Å². The van der Waals surface area contributed by atoms with Gasteiger partial charge in [0.15, 0.2) is 11.5 Å². The first-order chi connectivity index (χ1) is 17.3. The Morgan fingerprint density at radius 2 is 2.08 bits per heavy atom. The smallest absolute Gasteiger partial charge is 0.283 e. The molecule has 4 aromatic rings. The SMILES string of the molecule is C=C/C(F)=c1/nc(-n2cccn2)cc/c1=C\c1c(C)nc2c(C#N)c(C(F)F)nn2c1N1CC(O)C1. The second-order valence-electron chi connectivity index (χ2n) is 8.16. The Labute approximate surface area is 202 Å². The number of pyridine rings is 1. The van der Waals surface area contributed by atoms with E-state index in [4.69, 9.17) is 0 Å². The number of aliphatic hydroxyl groups is 1. The molecule has 182 valence electrons. The van der Waals surface area contributed by atoms with Crippen molar-refractivity contribution in [3.63, 3.8) is 0 Å². The molecule has 36 heavy (non-hydrogen) atoms. The molecule has 0 atom stereocenters. The summed E-state index contributed by atoms with van der Waals surface area (Å²) in [6.45, 7) is 5.60. The number of hydrogen-bond donors (Lipinski definition) is 1. The van der Waals surface area contributed by atoms with E-state index in [0.29, 0.717) is 28.1 Å². The highest BCUT2D eigenvalue weighted by molar-refractivity contribution is 5.73. The molecule has 0 aromatic carbocycles. The van der Waals surface area contributed by atoms with Crippen molar-refractivity contribution in [1.82, 2.24) is 29.4 Å². The summed E-state index contributed by atoms with van der Waals surface area (Å²) < 4.78 is 44.8. The summed E-state index contributed by atoms with van der Waals surface area (Å²) in [6, 6.07) is 6.79. The van der Waals surface area contributed by atoms with Crippen LogP contribution in [0.2, 0.25) is 0 Å². The Morgan fingerprint density at radius 1 is 1.31 bits per heavy atom. The Hall–Kier alpha value is -4.50. The Balaban J connectivity index is 1.82. The van der Waals surface area contributed by atoms with Crippen LogP contribution in [0, 0.1) is 18.3 Å². The summed E-state index contributed by atoms with van der Waals surface area (Å²) in [5.41, 5.74) is -0.166. The number of rotatable bonds is 5. The number of aliphatic hydroxyl groups excluding tert-OH is 1. The van der Waals surface area contributed by atoms with Crippen LogP contribution in [-0.2, 0) is 0 Å². The van der Waals surface area contributed by atoms with Crippen LogP contribution in [0.1, 0.15) is 28.9 Å². The van der Waals surface area contributed by atoms with Gasteiger partial charge in [0, 0.05) is 36.3 Å². The van der Waals surface area contributed by atoms with Gasteiger partial charge in [-0.2, -0.15) is 20.0 Å². The zero-order chi connectivity index (χ0) is 25.6. The Morgan fingerprint density at radius 3 is 2.69 bits per heavy atom. The zero-order valence-corrected chi connectivity index (χ0v) is 19.0. The molecule has 5 heterocycles. The van der Waals surface area contributed by atoms with Gasteiger partial charge in [-0.3, -0.25) is 0 Å². The number of hydrogen-bond acceptors (Lipinski definition) is 7. The number of nitrogens with zero attached hydrogens (tertiary/aromatic N) is 8. The van der Waals surface area contributed by atoms with E-state index in [-0.39, 0.29) is 29.6 Å². The number of aromatic nitrogens is 6. The van der Waals surface area contributed by atoms with E-state index in [1.807, 2.05) is 0 Å². The van der Waals surface area contributed by atoms with E-state index in [9.17, 15) is 23.5 Å². The van der Waals surface area contributed by atoms with E-state index in [1.165, 1.54) is 9.20 Å². The number of fused-ring (bicyclic) bond motifs is 1. The molecule has 12 heteroatoms. The first-order valence-electron chi connectivity index (χ1n) is 10.9. The van der Waals surface area contributed by atoms with Gasteiger partial charge in [-0.05, 0) is 37.3 Å². The maximum absolute atomic E-state index is 14.9. The van der Waals surface area contributed by atoms with Gasteiger partial charge in [-0.15, -0.1) is 0 Å². The minimum absolute atomic E-state index is 0.00135. The number of anilines is 1. The van der Waals surface area contributed by atoms with Crippen LogP contribution in [0.5, 0.6) is 0 Å². The lowest BCUT2D eigenvalue weighted by Crippen LogP contribution is -2.52. The van der Waals surface area contributed by atoms with Gasteiger partial charge in [-0.25, -0.2) is 27.8 Å². The van der Waals surface area contributed by atoms with Crippen molar-refractivity contribution in [2.75, 3.05) is 18.0 Å². The summed E-state index contributed by atoms with van der Waals surface area (Å²) >= 11 is 0. The summed E-state index contributed by atoms with van der Waals surface area (Å²) in [6.07, 6.45) is 2.30. The Bertz CT molecular complexity index is 1650. The summed E-state index contributed by atoms with van der Waals surface area (Å²) in [5, 5.41) is 27.9. The topological polar surface area (TPSA) is 108 Å². The van der Waals surface area contributed by atoms with E-state index in [1.54, 1.807) is 54.6 Å². The zero-order valence-electron chi connectivity index (χ0n) is 19.0. The average molecular weight is 492 g/mol. The van der Waals surface area contributed by atoms with Gasteiger partial charge < -0.3 is 10.0 Å². The number of alkyl halides is 2. The molecule has 0 amide bonds. The minimum atomic E-state index is -2.98. The number of halogens is 3. The molecule has 0 bridgehead atoms. The number of nitriles is 1. The molecular formula is C24H19F3N8O. The quantitative estimate of drug-likeness (QED) is 0.452.